The Morgan fingerprint density at radius 2 is 1.80 bits per heavy atom. The summed E-state index contributed by atoms with van der Waals surface area (Å²) >= 11 is 3.39. The smallest absolute Gasteiger partial charge is 0.343 e. The van der Waals surface area contributed by atoms with Crippen LogP contribution < -0.4 is 14.2 Å². The van der Waals surface area contributed by atoms with Crippen LogP contribution in [0.15, 0.2) is 40.9 Å². The molecule has 0 aliphatic rings. The molecule has 132 valence electrons. The number of esters is 1. The number of aldehydes is 1. The minimum atomic E-state index is -0.525. The molecule has 0 saturated carbocycles. The molecule has 0 bridgehead atoms. The van der Waals surface area contributed by atoms with E-state index in [2.05, 4.69) is 15.9 Å². The van der Waals surface area contributed by atoms with E-state index >= 15 is 0 Å². The molecule has 0 unspecified atom stereocenters. The summed E-state index contributed by atoms with van der Waals surface area (Å²) in [4.78, 5) is 23.3. The number of benzene rings is 2. The van der Waals surface area contributed by atoms with E-state index in [-0.39, 0.29) is 5.75 Å². The van der Waals surface area contributed by atoms with Gasteiger partial charge in [-0.15, -0.1) is 0 Å². The molecular formula is C19H19BrO5. The maximum atomic E-state index is 12.4. The Balaban J connectivity index is 2.19. The van der Waals surface area contributed by atoms with Gasteiger partial charge in [-0.05, 0) is 65.7 Å². The molecule has 0 amide bonds. The van der Waals surface area contributed by atoms with E-state index in [1.165, 1.54) is 6.07 Å². The quantitative estimate of drug-likeness (QED) is 0.362. The van der Waals surface area contributed by atoms with E-state index < -0.39 is 5.97 Å². The summed E-state index contributed by atoms with van der Waals surface area (Å²) in [7, 11) is 0. The maximum Gasteiger partial charge on any atom is 0.343 e. The largest absolute Gasteiger partial charge is 0.492 e. The molecule has 0 radical (unpaired) electrons. The van der Waals surface area contributed by atoms with Crippen molar-refractivity contribution >= 4 is 28.2 Å². The van der Waals surface area contributed by atoms with Gasteiger partial charge in [-0.2, -0.15) is 0 Å². The molecule has 25 heavy (non-hydrogen) atoms. The highest BCUT2D eigenvalue weighted by Crippen LogP contribution is 2.30. The number of ether oxygens (including phenoxy) is 3. The molecule has 6 heteroatoms. The second-order valence-corrected chi connectivity index (χ2v) is 5.99. The van der Waals surface area contributed by atoms with Gasteiger partial charge >= 0.3 is 5.97 Å². The number of rotatable bonds is 8. The van der Waals surface area contributed by atoms with Crippen LogP contribution in [0.1, 0.15) is 41.0 Å². The normalized spacial score (nSPS) is 10.2. The van der Waals surface area contributed by atoms with Gasteiger partial charge in [0, 0.05) is 5.56 Å². The van der Waals surface area contributed by atoms with Crippen LogP contribution in [0.25, 0.3) is 0 Å². The van der Waals surface area contributed by atoms with Gasteiger partial charge in [0.1, 0.15) is 12.0 Å². The minimum absolute atomic E-state index is 0.264. The van der Waals surface area contributed by atoms with Gasteiger partial charge in [0.05, 0.1) is 23.2 Å². The predicted octanol–water partition coefficient (Wildman–Crippen LogP) is 4.67. The van der Waals surface area contributed by atoms with E-state index in [9.17, 15) is 9.59 Å². The second-order valence-electron chi connectivity index (χ2n) is 5.14. The van der Waals surface area contributed by atoms with Crippen LogP contribution in [0.4, 0.5) is 0 Å². The predicted molar refractivity (Wildman–Crippen MR) is 97.9 cm³/mol. The van der Waals surface area contributed by atoms with E-state index in [1.54, 1.807) is 30.3 Å². The van der Waals surface area contributed by atoms with Gasteiger partial charge < -0.3 is 14.2 Å². The summed E-state index contributed by atoms with van der Waals surface area (Å²) in [5.74, 6) is 0.758. The molecule has 0 fully saturated rings. The highest BCUT2D eigenvalue weighted by molar-refractivity contribution is 9.10. The van der Waals surface area contributed by atoms with Crippen LogP contribution in [0.2, 0.25) is 0 Å². The van der Waals surface area contributed by atoms with Crippen molar-refractivity contribution in [1.29, 1.82) is 0 Å². The van der Waals surface area contributed by atoms with Gasteiger partial charge in [-0.3, -0.25) is 4.79 Å². The van der Waals surface area contributed by atoms with Crippen molar-refractivity contribution in [2.24, 2.45) is 0 Å². The summed E-state index contributed by atoms with van der Waals surface area (Å²) in [6.45, 7) is 4.82. The molecule has 2 aromatic rings. The summed E-state index contributed by atoms with van der Waals surface area (Å²) < 4.78 is 17.1. The Morgan fingerprint density at radius 1 is 1.04 bits per heavy atom. The van der Waals surface area contributed by atoms with Crippen LogP contribution in [-0.4, -0.2) is 25.5 Å². The fraction of sp³-hybridized carbons (Fsp3) is 0.263. The van der Waals surface area contributed by atoms with Gasteiger partial charge in [0.2, 0.25) is 0 Å². The van der Waals surface area contributed by atoms with Crippen LogP contribution in [0.5, 0.6) is 17.2 Å². The fourth-order valence-corrected chi connectivity index (χ4v) is 2.56. The number of carbonyl (C=O) groups is 2. The molecule has 0 heterocycles. The zero-order chi connectivity index (χ0) is 18.2. The monoisotopic (exact) mass is 406 g/mol. The average Bonchev–Trinajstić information content (AvgIpc) is 2.62. The van der Waals surface area contributed by atoms with E-state index in [0.717, 1.165) is 6.42 Å². The Morgan fingerprint density at radius 3 is 2.44 bits per heavy atom. The summed E-state index contributed by atoms with van der Waals surface area (Å²) in [5, 5.41) is 0. The third kappa shape index (κ3) is 5.06. The summed E-state index contributed by atoms with van der Waals surface area (Å²) in [6.07, 6.45) is 1.60. The Labute approximate surface area is 155 Å². The van der Waals surface area contributed by atoms with Crippen LogP contribution in [0.3, 0.4) is 0 Å². The molecule has 0 saturated heterocycles. The van der Waals surface area contributed by atoms with Crippen LogP contribution >= 0.6 is 15.9 Å². The molecule has 0 aromatic heterocycles. The highest BCUT2D eigenvalue weighted by Gasteiger charge is 2.15. The first-order valence-corrected chi connectivity index (χ1v) is 8.74. The van der Waals surface area contributed by atoms with Crippen molar-refractivity contribution in [3.05, 3.63) is 52.0 Å². The highest BCUT2D eigenvalue weighted by atomic mass is 79.9. The molecule has 2 aromatic carbocycles. The van der Waals surface area contributed by atoms with Crippen molar-refractivity contribution < 1.29 is 23.8 Å². The van der Waals surface area contributed by atoms with E-state index in [4.69, 9.17) is 14.2 Å². The first-order chi connectivity index (χ1) is 12.1. The minimum Gasteiger partial charge on any atom is -0.492 e. The standard InChI is InChI=1S/C19H19BrO5/c1-3-9-24-16-8-6-14(11-15(16)20)19(22)25-17-7-5-13(12-21)10-18(17)23-4-2/h5-8,10-12H,3-4,9H2,1-2H3. The number of carbonyl (C=O) groups excluding carboxylic acids is 2. The van der Waals surface area contributed by atoms with Gasteiger partial charge in [0.25, 0.3) is 0 Å². The van der Waals surface area contributed by atoms with Crippen molar-refractivity contribution in [1.82, 2.24) is 0 Å². The van der Waals surface area contributed by atoms with E-state index in [1.807, 2.05) is 13.8 Å². The van der Waals surface area contributed by atoms with Crippen molar-refractivity contribution in [2.75, 3.05) is 13.2 Å². The molecule has 5 nitrogen and oxygen atoms in total. The lowest BCUT2D eigenvalue weighted by Gasteiger charge is -2.12. The van der Waals surface area contributed by atoms with Crippen LogP contribution in [0, 0.1) is 0 Å². The molecule has 0 atom stereocenters. The lowest BCUT2D eigenvalue weighted by molar-refractivity contribution is 0.0728. The first-order valence-electron chi connectivity index (χ1n) is 7.95. The number of hydrogen-bond acceptors (Lipinski definition) is 5. The third-order valence-corrected chi connectivity index (χ3v) is 3.86. The lowest BCUT2D eigenvalue weighted by Crippen LogP contribution is -2.10. The topological polar surface area (TPSA) is 61.8 Å². The van der Waals surface area contributed by atoms with Gasteiger partial charge in [-0.1, -0.05) is 6.92 Å². The van der Waals surface area contributed by atoms with Crippen LogP contribution in [-0.2, 0) is 0 Å². The summed E-state index contributed by atoms with van der Waals surface area (Å²) in [6, 6.07) is 9.65. The first kappa shape index (κ1) is 19.0. The molecule has 0 aliphatic carbocycles. The Kier molecular flexibility index (Phi) is 7.01. The lowest BCUT2D eigenvalue weighted by atomic mass is 10.2. The average molecular weight is 407 g/mol. The number of halogens is 1. The second kappa shape index (κ2) is 9.22. The van der Waals surface area contributed by atoms with Gasteiger partial charge in [0.15, 0.2) is 11.5 Å². The molecular weight excluding hydrogens is 388 g/mol. The zero-order valence-corrected chi connectivity index (χ0v) is 15.7. The molecule has 0 N–H and O–H groups in total. The summed E-state index contributed by atoms with van der Waals surface area (Å²) in [5.41, 5.74) is 0.820. The Hall–Kier alpha value is -2.34. The van der Waals surface area contributed by atoms with E-state index in [0.29, 0.717) is 46.6 Å². The zero-order valence-electron chi connectivity index (χ0n) is 14.1. The van der Waals surface area contributed by atoms with Crippen molar-refractivity contribution in [2.45, 2.75) is 20.3 Å². The maximum absolute atomic E-state index is 12.4. The fourth-order valence-electron chi connectivity index (χ4n) is 2.07. The SMILES string of the molecule is CCCOc1ccc(C(=O)Oc2ccc(C=O)cc2OCC)cc1Br. The molecule has 0 spiro atoms. The molecule has 0 aliphatic heterocycles. The molecule has 2 rings (SSSR count). The Bertz CT molecular complexity index is 757. The van der Waals surface area contributed by atoms with Crippen molar-refractivity contribution in [3.8, 4) is 17.2 Å². The number of hydrogen-bond donors (Lipinski definition) is 0. The third-order valence-electron chi connectivity index (χ3n) is 3.24. The van der Waals surface area contributed by atoms with Gasteiger partial charge in [-0.25, -0.2) is 4.79 Å². The van der Waals surface area contributed by atoms with Crippen molar-refractivity contribution in [3.63, 3.8) is 0 Å².